The predicted molar refractivity (Wildman–Crippen MR) is 427 cm³/mol. The van der Waals surface area contributed by atoms with E-state index in [4.69, 9.17) is 19.9 Å². The van der Waals surface area contributed by atoms with Crippen molar-refractivity contribution in [1.29, 1.82) is 0 Å². The molecule has 0 unspecified atom stereocenters. The van der Waals surface area contributed by atoms with Crippen molar-refractivity contribution in [2.24, 2.45) is 0 Å². The number of H-pyrrole nitrogens is 4. The summed E-state index contributed by atoms with van der Waals surface area (Å²) in [7, 11) is 0. The van der Waals surface area contributed by atoms with Crippen LogP contribution >= 0.6 is 0 Å². The number of rotatable bonds is 18. The van der Waals surface area contributed by atoms with E-state index in [2.05, 4.69) is 263 Å². The van der Waals surface area contributed by atoms with Crippen molar-refractivity contribution < 1.29 is 0 Å². The Morgan fingerprint density at radius 1 is 0.290 bits per heavy atom. The van der Waals surface area contributed by atoms with E-state index in [0.29, 0.717) is 0 Å². The van der Waals surface area contributed by atoms with Crippen molar-refractivity contribution in [3.05, 3.63) is 186 Å². The maximum absolute atomic E-state index is 5.60. The van der Waals surface area contributed by atoms with E-state index < -0.39 is 0 Å². The maximum Gasteiger partial charge on any atom is 0.0769 e. The van der Waals surface area contributed by atoms with Crippen molar-refractivity contribution in [2.75, 3.05) is 0 Å². The van der Waals surface area contributed by atoms with Crippen LogP contribution in [0.5, 0.6) is 0 Å². The van der Waals surface area contributed by atoms with Crippen LogP contribution in [0.25, 0.3) is 111 Å². The minimum Gasteiger partial charge on any atom is -0.355 e. The third-order valence-electron chi connectivity index (χ3n) is 21.5. The predicted octanol–water partition coefficient (Wildman–Crippen LogP) is 23.7. The van der Waals surface area contributed by atoms with Crippen LogP contribution in [0.1, 0.15) is 261 Å². The fraction of sp³-hybridized carbons (Fsp3) is 0.348. The zero-order valence-electron chi connectivity index (χ0n) is 62.2. The van der Waals surface area contributed by atoms with Crippen LogP contribution < -0.4 is 0 Å². The van der Waals surface area contributed by atoms with E-state index in [-0.39, 0.29) is 0 Å². The average Bonchev–Trinajstić information content (AvgIpc) is 1.60. The highest BCUT2D eigenvalue weighted by atomic mass is 14.8. The number of fused-ring (bicyclic) bond motifs is 16. The first-order chi connectivity index (χ1) is 48.6. The molecular weight excluding hydrogens is 1220 g/mol. The lowest BCUT2D eigenvalue weighted by atomic mass is 9.93. The number of hydrogen-bond acceptors (Lipinski definition) is 4. The van der Waals surface area contributed by atoms with Gasteiger partial charge in [0, 0.05) is 66.4 Å². The first-order valence-electron chi connectivity index (χ1n) is 37.1. The van der Waals surface area contributed by atoms with Crippen LogP contribution in [0.2, 0.25) is 0 Å². The summed E-state index contributed by atoms with van der Waals surface area (Å²) in [4.78, 5) is 38.1. The molecule has 100 heavy (non-hydrogen) atoms. The molecule has 12 rings (SSSR count). The number of nitrogens with zero attached hydrogens (tertiary/aromatic N) is 4. The molecule has 506 valence electrons. The number of benzene rings is 2. The van der Waals surface area contributed by atoms with Crippen LogP contribution in [-0.2, 0) is 25.7 Å². The summed E-state index contributed by atoms with van der Waals surface area (Å²) in [5.41, 5.74) is 43.3. The molecule has 0 amide bonds. The molecule has 2 aromatic carbocycles. The van der Waals surface area contributed by atoms with Gasteiger partial charge >= 0.3 is 0 Å². The van der Waals surface area contributed by atoms with Crippen molar-refractivity contribution in [1.82, 2.24) is 39.9 Å². The van der Waals surface area contributed by atoms with Gasteiger partial charge in [0.2, 0.25) is 0 Å². The Hall–Kier alpha value is -10.1. The Morgan fingerprint density at radius 2 is 0.530 bits per heavy atom. The molecule has 4 N–H and O–H groups in total. The quantitative estimate of drug-likeness (QED) is 0.0641. The molecule has 0 saturated carbocycles. The number of aromatic nitrogens is 8. The van der Waals surface area contributed by atoms with Crippen molar-refractivity contribution in [3.63, 3.8) is 0 Å². The smallest absolute Gasteiger partial charge is 0.0769 e. The Bertz CT molecular complexity index is 4780. The van der Waals surface area contributed by atoms with Gasteiger partial charge in [0.15, 0.2) is 0 Å². The van der Waals surface area contributed by atoms with Crippen LogP contribution in [-0.4, -0.2) is 39.9 Å². The second-order valence-electron chi connectivity index (χ2n) is 27.6. The molecule has 0 radical (unpaired) electrons. The summed E-state index contributed by atoms with van der Waals surface area (Å²) in [6.07, 6.45) is 16.5. The summed E-state index contributed by atoms with van der Waals surface area (Å²) in [5.74, 6) is 24.4. The number of aryl methyl sites for hydroxylation is 8. The second kappa shape index (κ2) is 30.6. The standard InChI is InChI=1S/C92H98N8/c1-17-25-37-71-55(9)75-49-79-67(21-5)59(13)89(97-79)87(90-60(14)68(22-6)80(98-90)50-76-56(10)72(38-26-18-2)84(94-76)53-83(71)93-75)65-45-41-63(42-46-65)35-33-31-29-30-32-34-36-64-43-47-66(48-44-64)88-91-61(15)69(23-7)81(99-91)51-77-57(11)73(39-27-19-3)85(95-77)54-86-74(40-28-20-4)58(12)78(96-86)52-82-70(24-8)62(16)92(88)100-82/h41-54,93-96H,17-28,37-40H2,1-16H3. The van der Waals surface area contributed by atoms with Gasteiger partial charge in [0.1, 0.15) is 0 Å². The summed E-state index contributed by atoms with van der Waals surface area (Å²) in [6.45, 7) is 36.1. The van der Waals surface area contributed by atoms with Crippen LogP contribution in [0, 0.1) is 75.1 Å². The van der Waals surface area contributed by atoms with Gasteiger partial charge in [0.05, 0.1) is 45.6 Å². The van der Waals surface area contributed by atoms with Crippen LogP contribution in [0.3, 0.4) is 0 Å². The van der Waals surface area contributed by atoms with Crippen molar-refractivity contribution >= 4 is 88.7 Å². The Balaban J connectivity index is 0.880. The molecule has 4 aliphatic rings. The van der Waals surface area contributed by atoms with Gasteiger partial charge in [-0.3, -0.25) is 0 Å². The van der Waals surface area contributed by atoms with Gasteiger partial charge < -0.3 is 19.9 Å². The largest absolute Gasteiger partial charge is 0.355 e. The van der Waals surface area contributed by atoms with Crippen molar-refractivity contribution in [3.8, 4) is 69.6 Å². The monoisotopic (exact) mass is 1310 g/mol. The highest BCUT2D eigenvalue weighted by Crippen LogP contribution is 2.46. The molecule has 0 fully saturated rings. The third-order valence-corrected chi connectivity index (χ3v) is 21.5. The fourth-order valence-electron chi connectivity index (χ4n) is 15.5. The minimum atomic E-state index is 0.851. The van der Waals surface area contributed by atoms with Crippen LogP contribution in [0.15, 0.2) is 84.9 Å². The van der Waals surface area contributed by atoms with Crippen molar-refractivity contribution in [2.45, 2.75) is 214 Å². The molecule has 0 saturated heterocycles. The molecule has 0 atom stereocenters. The van der Waals surface area contributed by atoms with E-state index in [1.807, 2.05) is 0 Å². The van der Waals surface area contributed by atoms with Gasteiger partial charge in [-0.25, -0.2) is 19.9 Å². The molecule has 0 aliphatic carbocycles. The highest BCUT2D eigenvalue weighted by molar-refractivity contribution is 6.04. The SMILES string of the molecule is CCCCc1c(C)c2cc3nc(c(-c4ccc(C#CC#CC#CC#Cc5ccc(-c6c7nc(cc8[nH]c(cc9[nH]c(cc%10nc6C(C)=C%10CC)c(C)c9CCCC)c(CCCC)c8C)C(CC)=C7C)cc5)cc4)c4nc(cc5[nH]c(cc1[nH]2)c(CCCC)c5C)C(CC)=C4C)C(C)=C3CC. The molecule has 4 aliphatic heterocycles. The van der Waals surface area contributed by atoms with Gasteiger partial charge in [-0.2, -0.15) is 0 Å². The van der Waals surface area contributed by atoms with Gasteiger partial charge in [0.25, 0.3) is 0 Å². The summed E-state index contributed by atoms with van der Waals surface area (Å²) in [6, 6.07) is 30.9. The lowest BCUT2D eigenvalue weighted by molar-refractivity contribution is 0.796. The summed E-state index contributed by atoms with van der Waals surface area (Å²) < 4.78 is 0. The fourth-order valence-corrected chi connectivity index (χ4v) is 15.5. The van der Waals surface area contributed by atoms with Crippen LogP contribution in [0.4, 0.5) is 0 Å². The van der Waals surface area contributed by atoms with Gasteiger partial charge in [-0.15, -0.1) is 0 Å². The molecular formula is C92H98N8. The topological polar surface area (TPSA) is 115 Å². The first kappa shape index (κ1) is 69.8. The van der Waals surface area contributed by atoms with E-state index in [0.717, 1.165) is 204 Å². The number of aromatic amines is 4. The highest BCUT2D eigenvalue weighted by Gasteiger charge is 2.29. The lowest BCUT2D eigenvalue weighted by Gasteiger charge is -2.10. The molecule has 10 heterocycles. The number of hydrogen-bond donors (Lipinski definition) is 4. The number of allylic oxidation sites excluding steroid dienone is 8. The maximum atomic E-state index is 5.60. The Kier molecular flexibility index (Phi) is 21.3. The Labute approximate surface area is 594 Å². The number of unbranched alkanes of at least 4 members (excludes halogenated alkanes) is 4. The minimum absolute atomic E-state index is 0.851. The summed E-state index contributed by atoms with van der Waals surface area (Å²) >= 11 is 0. The van der Waals surface area contributed by atoms with E-state index in [1.54, 1.807) is 0 Å². The third kappa shape index (κ3) is 13.6. The normalized spacial score (nSPS) is 12.8. The molecule has 16 bridgehead atoms. The molecule has 6 aromatic heterocycles. The zero-order chi connectivity index (χ0) is 70.5. The van der Waals surface area contributed by atoms with Gasteiger partial charge in [-0.1, -0.05) is 117 Å². The van der Waals surface area contributed by atoms with E-state index in [9.17, 15) is 0 Å². The first-order valence-corrected chi connectivity index (χ1v) is 37.1. The second-order valence-corrected chi connectivity index (χ2v) is 27.6. The van der Waals surface area contributed by atoms with Gasteiger partial charge in [-0.05, 0) is 329 Å². The van der Waals surface area contributed by atoms with E-state index in [1.165, 1.54) is 111 Å². The molecule has 8 aromatic rings. The van der Waals surface area contributed by atoms with E-state index >= 15 is 0 Å². The molecule has 0 spiro atoms. The summed E-state index contributed by atoms with van der Waals surface area (Å²) in [5, 5.41) is 0. The lowest BCUT2D eigenvalue weighted by Crippen LogP contribution is -1.93. The molecule has 8 heteroatoms. The number of nitrogens with one attached hydrogen (secondary N) is 4. The zero-order valence-corrected chi connectivity index (χ0v) is 62.2. The average molecular weight is 1320 g/mol. The molecule has 8 nitrogen and oxygen atoms in total. The Morgan fingerprint density at radius 3 is 0.760 bits per heavy atom.